The lowest BCUT2D eigenvalue weighted by molar-refractivity contribution is -0.254. The van der Waals surface area contributed by atoms with E-state index in [2.05, 4.69) is 10.4 Å². The monoisotopic (exact) mass is 486 g/mol. The highest BCUT2D eigenvalue weighted by Gasteiger charge is 2.53. The summed E-state index contributed by atoms with van der Waals surface area (Å²) in [5, 5.41) is 18.7. The summed E-state index contributed by atoms with van der Waals surface area (Å²) in [6.45, 7) is 0. The molecule has 182 valence electrons. The normalized spacial score (nSPS) is 17.0. The van der Waals surface area contributed by atoms with Gasteiger partial charge in [-0.2, -0.15) is 18.3 Å². The number of nitrogens with zero attached hydrogens (tertiary/aromatic N) is 2. The van der Waals surface area contributed by atoms with Gasteiger partial charge in [-0.05, 0) is 61.9 Å². The minimum Gasteiger partial charge on any atom is -0.545 e. The number of hydrogen-bond acceptors (Lipinski definition) is 4. The Hall–Kier alpha value is -3.69. The zero-order valence-corrected chi connectivity index (χ0v) is 18.4. The molecule has 0 spiro atoms. The molecular formula is C25H20F4N3O3-. The molecule has 5 rings (SSSR count). The summed E-state index contributed by atoms with van der Waals surface area (Å²) in [4.78, 5) is 24.8. The third-order valence-corrected chi connectivity index (χ3v) is 6.86. The Balaban J connectivity index is 1.39. The number of alkyl halides is 3. The van der Waals surface area contributed by atoms with Crippen molar-refractivity contribution in [2.24, 2.45) is 0 Å². The molecule has 6 nitrogen and oxygen atoms in total. The van der Waals surface area contributed by atoms with Gasteiger partial charge in [0.05, 0.1) is 29.2 Å². The van der Waals surface area contributed by atoms with Crippen molar-refractivity contribution < 1.29 is 32.3 Å². The molecule has 2 aliphatic rings. The molecule has 2 fully saturated rings. The van der Waals surface area contributed by atoms with Gasteiger partial charge in [-0.3, -0.25) is 9.48 Å². The fourth-order valence-corrected chi connectivity index (χ4v) is 4.44. The van der Waals surface area contributed by atoms with Gasteiger partial charge >= 0.3 is 6.18 Å². The van der Waals surface area contributed by atoms with Crippen LogP contribution in [0, 0.1) is 5.82 Å². The highest BCUT2D eigenvalue weighted by Crippen LogP contribution is 2.50. The van der Waals surface area contributed by atoms with Crippen LogP contribution in [0.5, 0.6) is 0 Å². The minimum absolute atomic E-state index is 0.122. The number of carboxylic acid groups (broad SMARTS) is 1. The number of aromatic nitrogens is 2. The fraction of sp³-hybridized carbons (Fsp3) is 0.320. The van der Waals surface area contributed by atoms with Crippen LogP contribution in [0.3, 0.4) is 0 Å². The fourth-order valence-electron chi connectivity index (χ4n) is 4.44. The number of hydrogen-bond donors (Lipinski definition) is 1. The molecule has 1 heterocycles. The van der Waals surface area contributed by atoms with E-state index in [-0.39, 0.29) is 29.7 Å². The molecule has 35 heavy (non-hydrogen) atoms. The maximum atomic E-state index is 14.5. The van der Waals surface area contributed by atoms with Gasteiger partial charge in [0.1, 0.15) is 5.82 Å². The summed E-state index contributed by atoms with van der Waals surface area (Å²) in [5.74, 6) is -3.17. The van der Waals surface area contributed by atoms with Crippen LogP contribution in [0.2, 0.25) is 0 Å². The Morgan fingerprint density at radius 2 is 1.86 bits per heavy atom. The van der Waals surface area contributed by atoms with Crippen LogP contribution in [-0.2, 0) is 16.4 Å². The van der Waals surface area contributed by atoms with E-state index >= 15 is 0 Å². The molecule has 0 bridgehead atoms. The molecule has 1 N–H and O–H groups in total. The molecule has 0 aliphatic heterocycles. The van der Waals surface area contributed by atoms with Crippen molar-refractivity contribution in [1.82, 2.24) is 9.78 Å². The molecule has 0 radical (unpaired) electrons. The van der Waals surface area contributed by atoms with Crippen LogP contribution < -0.4 is 10.4 Å². The van der Waals surface area contributed by atoms with Crippen molar-refractivity contribution >= 4 is 17.6 Å². The number of carbonyl (C=O) groups is 2. The number of anilines is 1. The predicted octanol–water partition coefficient (Wildman–Crippen LogP) is 4.47. The highest BCUT2D eigenvalue weighted by molar-refractivity contribution is 6.03. The average molecular weight is 486 g/mol. The molecule has 2 saturated carbocycles. The summed E-state index contributed by atoms with van der Waals surface area (Å²) in [6, 6.07) is 6.71. The molecule has 0 saturated heterocycles. The zero-order chi connectivity index (χ0) is 25.0. The zero-order valence-electron chi connectivity index (χ0n) is 18.4. The second-order valence-electron chi connectivity index (χ2n) is 9.07. The third-order valence-electron chi connectivity index (χ3n) is 6.86. The topological polar surface area (TPSA) is 87.0 Å². The van der Waals surface area contributed by atoms with Gasteiger partial charge in [0.15, 0.2) is 0 Å². The van der Waals surface area contributed by atoms with Crippen molar-refractivity contribution in [3.8, 4) is 11.1 Å². The number of benzene rings is 2. The molecule has 1 amide bonds. The number of nitrogens with one attached hydrogen (secondary N) is 1. The molecule has 3 aromatic rings. The second-order valence-corrected chi connectivity index (χ2v) is 9.07. The first-order chi connectivity index (χ1) is 16.6. The van der Waals surface area contributed by atoms with Gasteiger partial charge in [-0.25, -0.2) is 4.39 Å². The molecule has 0 unspecified atom stereocenters. The van der Waals surface area contributed by atoms with Crippen molar-refractivity contribution in [1.29, 1.82) is 0 Å². The van der Waals surface area contributed by atoms with E-state index in [4.69, 9.17) is 0 Å². The number of rotatable bonds is 6. The van der Waals surface area contributed by atoms with Crippen LogP contribution in [0.4, 0.5) is 23.2 Å². The average Bonchev–Trinajstić information content (AvgIpc) is 3.43. The Labute approximate surface area is 197 Å². The van der Waals surface area contributed by atoms with Crippen LogP contribution >= 0.6 is 0 Å². The lowest BCUT2D eigenvalue weighted by Crippen LogP contribution is -2.29. The SMILES string of the molecule is O=C([O-])c1cc(NC(=O)C2(c3ccc(C(F)(F)F)cc3F)CC2)ccc1-c1cnn(C2CCC2)c1. The Bertz CT molecular complexity index is 1320. The Kier molecular flexibility index (Phi) is 5.41. The van der Waals surface area contributed by atoms with E-state index in [9.17, 15) is 32.3 Å². The Morgan fingerprint density at radius 3 is 2.43 bits per heavy atom. The molecule has 1 aromatic heterocycles. The highest BCUT2D eigenvalue weighted by atomic mass is 19.4. The lowest BCUT2D eigenvalue weighted by atomic mass is 9.92. The van der Waals surface area contributed by atoms with Gasteiger partial charge in [-0.15, -0.1) is 0 Å². The summed E-state index contributed by atoms with van der Waals surface area (Å²) in [5.41, 5.74) is -1.58. The van der Waals surface area contributed by atoms with E-state index in [0.717, 1.165) is 31.4 Å². The smallest absolute Gasteiger partial charge is 0.416 e. The number of carboxylic acids is 1. The number of amides is 1. The number of halogens is 4. The Morgan fingerprint density at radius 1 is 1.11 bits per heavy atom. The first-order valence-corrected chi connectivity index (χ1v) is 11.2. The third kappa shape index (κ3) is 4.17. The molecular weight excluding hydrogens is 466 g/mol. The first kappa shape index (κ1) is 23.1. The van der Waals surface area contributed by atoms with E-state index in [1.165, 1.54) is 18.2 Å². The number of aromatic carboxylic acids is 1. The minimum atomic E-state index is -4.70. The molecule has 2 aromatic carbocycles. The molecule has 2 aliphatic carbocycles. The largest absolute Gasteiger partial charge is 0.545 e. The van der Waals surface area contributed by atoms with Crippen molar-refractivity contribution in [2.45, 2.75) is 49.7 Å². The number of carbonyl (C=O) groups excluding carboxylic acids is 2. The van der Waals surface area contributed by atoms with Gasteiger partial charge in [0.2, 0.25) is 5.91 Å². The van der Waals surface area contributed by atoms with Gasteiger partial charge in [-0.1, -0.05) is 12.1 Å². The maximum absolute atomic E-state index is 14.5. The van der Waals surface area contributed by atoms with Crippen molar-refractivity contribution in [3.63, 3.8) is 0 Å². The van der Waals surface area contributed by atoms with E-state index in [1.807, 2.05) is 4.68 Å². The van der Waals surface area contributed by atoms with Gasteiger partial charge in [0.25, 0.3) is 0 Å². The van der Waals surface area contributed by atoms with E-state index < -0.39 is 34.8 Å². The summed E-state index contributed by atoms with van der Waals surface area (Å²) < 4.78 is 55.0. The molecule has 10 heteroatoms. The molecule has 0 atom stereocenters. The van der Waals surface area contributed by atoms with Crippen LogP contribution in [-0.4, -0.2) is 21.7 Å². The summed E-state index contributed by atoms with van der Waals surface area (Å²) in [6.07, 6.45) is 2.31. The van der Waals surface area contributed by atoms with E-state index in [0.29, 0.717) is 23.2 Å². The van der Waals surface area contributed by atoms with E-state index in [1.54, 1.807) is 12.4 Å². The maximum Gasteiger partial charge on any atom is 0.416 e. The van der Waals surface area contributed by atoms with Gasteiger partial charge in [0, 0.05) is 28.6 Å². The van der Waals surface area contributed by atoms with Crippen LogP contribution in [0.1, 0.15) is 59.6 Å². The van der Waals surface area contributed by atoms with Gasteiger partial charge < -0.3 is 15.2 Å². The quantitative estimate of drug-likeness (QED) is 0.521. The predicted molar refractivity (Wildman–Crippen MR) is 116 cm³/mol. The van der Waals surface area contributed by atoms with Crippen LogP contribution in [0.15, 0.2) is 48.8 Å². The lowest BCUT2D eigenvalue weighted by Gasteiger charge is -2.25. The summed E-state index contributed by atoms with van der Waals surface area (Å²) >= 11 is 0. The van der Waals surface area contributed by atoms with Crippen LogP contribution in [0.25, 0.3) is 11.1 Å². The second kappa shape index (κ2) is 8.21. The van der Waals surface area contributed by atoms with Crippen molar-refractivity contribution in [3.05, 3.63) is 71.3 Å². The summed E-state index contributed by atoms with van der Waals surface area (Å²) in [7, 11) is 0. The standard InChI is InChI=1S/C25H21F4N3O3/c26-21-10-15(25(27,28)29)4-7-20(21)24(8-9-24)23(35)31-16-5-6-18(19(11-16)22(33)34)14-12-30-32(13-14)17-2-1-3-17/h4-7,10-13,17H,1-3,8-9H2,(H,31,35)(H,33,34)/p-1. The first-order valence-electron chi connectivity index (χ1n) is 11.2. The van der Waals surface area contributed by atoms with Crippen molar-refractivity contribution in [2.75, 3.05) is 5.32 Å².